The zero-order valence-corrected chi connectivity index (χ0v) is 15.7. The molecule has 0 fully saturated rings. The molecule has 0 bridgehead atoms. The first-order valence-corrected chi connectivity index (χ1v) is 8.53. The Morgan fingerprint density at radius 2 is 2.29 bits per heavy atom. The minimum Gasteiger partial charge on any atom is -0.481 e. The van der Waals surface area contributed by atoms with Crippen molar-refractivity contribution in [1.82, 2.24) is 14.9 Å². The van der Waals surface area contributed by atoms with Gasteiger partial charge in [-0.1, -0.05) is 6.92 Å². The van der Waals surface area contributed by atoms with Crippen LogP contribution in [-0.4, -0.2) is 40.3 Å². The number of hydrogen-bond acceptors (Lipinski definition) is 6. The van der Waals surface area contributed by atoms with E-state index in [0.29, 0.717) is 21.6 Å². The van der Waals surface area contributed by atoms with Crippen molar-refractivity contribution >= 4 is 40.3 Å². The van der Waals surface area contributed by atoms with E-state index in [0.717, 1.165) is 17.8 Å². The third-order valence-corrected chi connectivity index (χ3v) is 3.85. The lowest BCUT2D eigenvalue weighted by Gasteiger charge is -2.08. The molecule has 1 aromatic carbocycles. The summed E-state index contributed by atoms with van der Waals surface area (Å²) in [4.78, 5) is 11.3. The van der Waals surface area contributed by atoms with Gasteiger partial charge in [-0.3, -0.25) is 5.10 Å². The molecule has 0 aliphatic rings. The molecule has 1 heterocycles. The van der Waals surface area contributed by atoms with Crippen LogP contribution < -0.4 is 4.74 Å². The number of nitrogens with zero attached hydrogens (tertiary/aromatic N) is 3. The van der Waals surface area contributed by atoms with Crippen LogP contribution >= 0.6 is 28.1 Å². The zero-order chi connectivity index (χ0) is 17.5. The second-order valence-electron chi connectivity index (χ2n) is 4.64. The Morgan fingerprint density at radius 3 is 2.96 bits per heavy atom. The lowest BCUT2D eigenvalue weighted by atomic mass is 10.2. The van der Waals surface area contributed by atoms with E-state index in [-0.39, 0.29) is 6.61 Å². The number of carbonyl (C=O) groups is 1. The summed E-state index contributed by atoms with van der Waals surface area (Å²) < 4.78 is 13.0. The topological polar surface area (TPSA) is 81.5 Å². The Labute approximate surface area is 152 Å². The molecule has 1 aromatic heterocycles. The lowest BCUT2D eigenvalue weighted by molar-refractivity contribution is -0.145. The van der Waals surface area contributed by atoms with Gasteiger partial charge in [-0.25, -0.2) is 4.79 Å². The van der Waals surface area contributed by atoms with Gasteiger partial charge >= 0.3 is 5.97 Å². The molecule has 0 aliphatic heterocycles. The number of aryl methyl sites for hydroxylation is 1. The largest absolute Gasteiger partial charge is 0.481 e. The van der Waals surface area contributed by atoms with E-state index in [1.54, 1.807) is 23.9 Å². The molecule has 7 nitrogen and oxygen atoms in total. The number of hydrogen-bond donors (Lipinski definition) is 1. The van der Waals surface area contributed by atoms with Gasteiger partial charge in [-0.05, 0) is 58.8 Å². The summed E-state index contributed by atoms with van der Waals surface area (Å²) in [6, 6.07) is 5.41. The second-order valence-corrected chi connectivity index (χ2v) is 5.88. The Balaban J connectivity index is 2.09. The lowest BCUT2D eigenvalue weighted by Crippen LogP contribution is -2.14. The summed E-state index contributed by atoms with van der Waals surface area (Å²) in [6.45, 7) is 3.92. The molecule has 24 heavy (non-hydrogen) atoms. The van der Waals surface area contributed by atoms with E-state index in [1.807, 2.05) is 19.1 Å². The van der Waals surface area contributed by atoms with Crippen LogP contribution in [-0.2, 0) is 16.0 Å². The van der Waals surface area contributed by atoms with Crippen molar-refractivity contribution < 1.29 is 14.3 Å². The van der Waals surface area contributed by atoms with Crippen LogP contribution in [0, 0.1) is 4.77 Å². The van der Waals surface area contributed by atoms with Gasteiger partial charge in [0.1, 0.15) is 5.75 Å². The molecule has 0 spiro atoms. The van der Waals surface area contributed by atoms with Crippen molar-refractivity contribution in [3.63, 3.8) is 0 Å². The highest BCUT2D eigenvalue weighted by Gasteiger charge is 2.07. The van der Waals surface area contributed by atoms with Crippen LogP contribution in [0.2, 0.25) is 0 Å². The number of carbonyl (C=O) groups excluding carboxylic acids is 1. The van der Waals surface area contributed by atoms with E-state index < -0.39 is 5.97 Å². The molecule has 0 aliphatic carbocycles. The first kappa shape index (κ1) is 18.3. The summed E-state index contributed by atoms with van der Waals surface area (Å²) in [7, 11) is 0. The van der Waals surface area contributed by atoms with E-state index >= 15 is 0 Å². The Hall–Kier alpha value is -2.00. The summed E-state index contributed by atoms with van der Waals surface area (Å²) in [5.41, 5.74) is 0.843. The highest BCUT2D eigenvalue weighted by molar-refractivity contribution is 9.10. The average molecular weight is 413 g/mol. The number of rotatable bonds is 7. The molecular weight excluding hydrogens is 396 g/mol. The van der Waals surface area contributed by atoms with Crippen LogP contribution in [0.1, 0.15) is 25.2 Å². The molecule has 0 saturated heterocycles. The minimum atomic E-state index is -0.406. The molecule has 9 heteroatoms. The van der Waals surface area contributed by atoms with E-state index in [1.165, 1.54) is 0 Å². The van der Waals surface area contributed by atoms with Crippen molar-refractivity contribution in [3.05, 3.63) is 38.8 Å². The quantitative estimate of drug-likeness (QED) is 0.429. The third kappa shape index (κ3) is 4.75. The number of halogens is 1. The van der Waals surface area contributed by atoms with Crippen LogP contribution in [0.4, 0.5) is 0 Å². The molecule has 0 saturated carbocycles. The highest BCUT2D eigenvalue weighted by atomic mass is 79.9. The van der Waals surface area contributed by atoms with Crippen molar-refractivity contribution in [2.24, 2.45) is 5.10 Å². The molecule has 128 valence electrons. The summed E-state index contributed by atoms with van der Waals surface area (Å²) in [6.07, 6.45) is 2.39. The van der Waals surface area contributed by atoms with Gasteiger partial charge in [0.2, 0.25) is 4.77 Å². The van der Waals surface area contributed by atoms with E-state index in [9.17, 15) is 4.79 Å². The third-order valence-electron chi connectivity index (χ3n) is 2.96. The Morgan fingerprint density at radius 1 is 1.50 bits per heavy atom. The highest BCUT2D eigenvalue weighted by Crippen LogP contribution is 2.25. The molecule has 1 N–H and O–H groups in total. The monoisotopic (exact) mass is 412 g/mol. The van der Waals surface area contributed by atoms with Crippen molar-refractivity contribution in [2.75, 3.05) is 13.2 Å². The number of aromatic amines is 1. The number of ether oxygens (including phenoxy) is 2. The van der Waals surface area contributed by atoms with E-state index in [4.69, 9.17) is 21.7 Å². The normalized spacial score (nSPS) is 11.0. The summed E-state index contributed by atoms with van der Waals surface area (Å²) in [5, 5.41) is 11.1. The number of benzene rings is 1. The number of aromatic nitrogens is 3. The zero-order valence-electron chi connectivity index (χ0n) is 13.3. The van der Waals surface area contributed by atoms with Gasteiger partial charge in [0, 0.05) is 6.42 Å². The van der Waals surface area contributed by atoms with Crippen LogP contribution in [0.25, 0.3) is 0 Å². The maximum absolute atomic E-state index is 11.3. The predicted octanol–water partition coefficient (Wildman–Crippen LogP) is 3.09. The molecule has 0 unspecified atom stereocenters. The number of esters is 1. The van der Waals surface area contributed by atoms with Gasteiger partial charge in [0.25, 0.3) is 0 Å². The molecule has 2 aromatic rings. The second kappa shape index (κ2) is 8.74. The van der Waals surface area contributed by atoms with Gasteiger partial charge in [0.05, 0.1) is 17.3 Å². The maximum Gasteiger partial charge on any atom is 0.344 e. The standard InChI is InChI=1S/C15H17BrN4O3S/c1-3-13-18-19-15(24)20(13)17-8-10-5-6-12(11(16)7-10)23-9-14(21)22-4-2/h5-8H,3-4,9H2,1-2H3,(H,19,24)/b17-8-. The first-order chi connectivity index (χ1) is 11.5. The fraction of sp³-hybridized carbons (Fsp3) is 0.333. The number of nitrogens with one attached hydrogen (secondary N) is 1. The van der Waals surface area contributed by atoms with Gasteiger partial charge in [0.15, 0.2) is 12.4 Å². The molecule has 0 amide bonds. The van der Waals surface area contributed by atoms with Gasteiger partial charge in [-0.2, -0.15) is 14.9 Å². The Bertz CT molecular complexity index is 800. The van der Waals surface area contributed by atoms with Crippen LogP contribution in [0.15, 0.2) is 27.8 Å². The average Bonchev–Trinajstić information content (AvgIpc) is 2.92. The van der Waals surface area contributed by atoms with Crippen molar-refractivity contribution in [3.8, 4) is 5.75 Å². The first-order valence-electron chi connectivity index (χ1n) is 7.33. The van der Waals surface area contributed by atoms with Crippen LogP contribution in [0.3, 0.4) is 0 Å². The maximum atomic E-state index is 11.3. The van der Waals surface area contributed by atoms with Gasteiger partial charge < -0.3 is 9.47 Å². The predicted molar refractivity (Wildman–Crippen MR) is 96.1 cm³/mol. The fourth-order valence-electron chi connectivity index (χ4n) is 1.85. The summed E-state index contributed by atoms with van der Waals surface area (Å²) >= 11 is 8.55. The molecule has 0 radical (unpaired) electrons. The minimum absolute atomic E-state index is 0.135. The van der Waals surface area contributed by atoms with Crippen molar-refractivity contribution in [2.45, 2.75) is 20.3 Å². The van der Waals surface area contributed by atoms with Crippen molar-refractivity contribution in [1.29, 1.82) is 0 Å². The molecule has 2 rings (SSSR count). The molecular formula is C15H17BrN4O3S. The summed E-state index contributed by atoms with van der Waals surface area (Å²) in [5.74, 6) is 0.899. The fourth-order valence-corrected chi connectivity index (χ4v) is 2.56. The SMILES string of the molecule is CCOC(=O)COc1ccc(/C=N\n2c(CC)n[nH]c2=S)cc1Br. The number of H-pyrrole nitrogens is 1. The Kier molecular flexibility index (Phi) is 6.68. The molecule has 0 atom stereocenters. The van der Waals surface area contributed by atoms with Crippen LogP contribution in [0.5, 0.6) is 5.75 Å². The van der Waals surface area contributed by atoms with E-state index in [2.05, 4.69) is 31.2 Å². The van der Waals surface area contributed by atoms with Gasteiger partial charge in [-0.15, -0.1) is 0 Å². The smallest absolute Gasteiger partial charge is 0.344 e.